The van der Waals surface area contributed by atoms with Crippen LogP contribution in [0.5, 0.6) is 0 Å². The van der Waals surface area contributed by atoms with Gasteiger partial charge in [-0.1, -0.05) is 18.2 Å². The summed E-state index contributed by atoms with van der Waals surface area (Å²) in [6.45, 7) is 0.191. The van der Waals surface area contributed by atoms with Crippen LogP contribution in [0.3, 0.4) is 0 Å². The highest BCUT2D eigenvalue weighted by Crippen LogP contribution is 2.20. The minimum Gasteiger partial charge on any atom is -0.323 e. The van der Waals surface area contributed by atoms with Gasteiger partial charge < -0.3 is 5.32 Å². The molecule has 1 N–H and O–H groups in total. The van der Waals surface area contributed by atoms with Crippen molar-refractivity contribution in [2.75, 3.05) is 5.32 Å². The van der Waals surface area contributed by atoms with Gasteiger partial charge in [-0.25, -0.2) is 0 Å². The van der Waals surface area contributed by atoms with Crippen LogP contribution in [0.1, 0.15) is 0 Å². The molecule has 0 fully saturated rings. The van der Waals surface area contributed by atoms with Gasteiger partial charge >= 0.3 is 0 Å². The van der Waals surface area contributed by atoms with E-state index in [2.05, 4.69) is 15.4 Å². The summed E-state index contributed by atoms with van der Waals surface area (Å²) in [6.07, 6.45) is 5.11. The van der Waals surface area contributed by atoms with Crippen LogP contribution < -0.4 is 5.32 Å². The molecule has 0 unspecified atom stereocenters. The molecule has 0 aliphatic carbocycles. The zero-order chi connectivity index (χ0) is 13.1. The lowest BCUT2D eigenvalue weighted by molar-refractivity contribution is -0.116. The Labute approximate surface area is 109 Å². The molecular formula is C14H12N4O. The van der Waals surface area contributed by atoms with Crippen molar-refractivity contribution in [2.24, 2.45) is 0 Å². The smallest absolute Gasteiger partial charge is 0.246 e. The molecule has 0 aliphatic rings. The molecule has 19 heavy (non-hydrogen) atoms. The number of anilines is 1. The highest BCUT2D eigenvalue weighted by Gasteiger charge is 2.07. The van der Waals surface area contributed by atoms with E-state index in [1.165, 1.54) is 0 Å². The van der Waals surface area contributed by atoms with Gasteiger partial charge in [-0.05, 0) is 18.2 Å². The van der Waals surface area contributed by atoms with Crippen LogP contribution in [0.25, 0.3) is 10.9 Å². The Kier molecular flexibility index (Phi) is 2.94. The van der Waals surface area contributed by atoms with E-state index in [4.69, 9.17) is 0 Å². The topological polar surface area (TPSA) is 59.8 Å². The Hall–Kier alpha value is -2.69. The predicted molar refractivity (Wildman–Crippen MR) is 72.6 cm³/mol. The average molecular weight is 252 g/mol. The third kappa shape index (κ3) is 2.44. The normalized spacial score (nSPS) is 10.5. The molecule has 5 heteroatoms. The van der Waals surface area contributed by atoms with Gasteiger partial charge in [0.2, 0.25) is 5.91 Å². The van der Waals surface area contributed by atoms with Gasteiger partial charge in [0.1, 0.15) is 6.54 Å². The second-order valence-corrected chi connectivity index (χ2v) is 4.13. The largest absolute Gasteiger partial charge is 0.323 e. The molecule has 0 saturated carbocycles. The maximum atomic E-state index is 11.9. The second kappa shape index (κ2) is 4.89. The summed E-state index contributed by atoms with van der Waals surface area (Å²) >= 11 is 0. The first kappa shape index (κ1) is 11.4. The zero-order valence-electron chi connectivity index (χ0n) is 10.2. The van der Waals surface area contributed by atoms with Gasteiger partial charge in [0.25, 0.3) is 0 Å². The molecule has 0 aliphatic heterocycles. The van der Waals surface area contributed by atoms with Crippen molar-refractivity contribution in [2.45, 2.75) is 6.54 Å². The summed E-state index contributed by atoms with van der Waals surface area (Å²) in [4.78, 5) is 16.2. The summed E-state index contributed by atoms with van der Waals surface area (Å²) in [5.74, 6) is -0.123. The molecule has 0 saturated heterocycles. The highest BCUT2D eigenvalue weighted by molar-refractivity contribution is 6.00. The van der Waals surface area contributed by atoms with Crippen LogP contribution in [-0.2, 0) is 11.3 Å². The summed E-state index contributed by atoms with van der Waals surface area (Å²) in [7, 11) is 0. The van der Waals surface area contributed by atoms with Crippen LogP contribution in [-0.4, -0.2) is 20.7 Å². The van der Waals surface area contributed by atoms with Crippen molar-refractivity contribution in [3.05, 3.63) is 55.0 Å². The Morgan fingerprint density at radius 1 is 1.16 bits per heavy atom. The predicted octanol–water partition coefficient (Wildman–Crippen LogP) is 2.07. The van der Waals surface area contributed by atoms with E-state index in [1.807, 2.05) is 30.3 Å². The molecule has 0 atom stereocenters. The third-order valence-electron chi connectivity index (χ3n) is 2.77. The number of benzene rings is 1. The number of pyridine rings is 1. The highest BCUT2D eigenvalue weighted by atomic mass is 16.2. The third-order valence-corrected chi connectivity index (χ3v) is 2.77. The molecule has 3 rings (SSSR count). The molecule has 0 spiro atoms. The number of nitrogens with one attached hydrogen (secondary N) is 1. The maximum absolute atomic E-state index is 11.9. The fraction of sp³-hybridized carbons (Fsp3) is 0.0714. The SMILES string of the molecule is O=C(Cn1cccn1)Nc1cccc2cccnc12. The Morgan fingerprint density at radius 3 is 2.89 bits per heavy atom. The van der Waals surface area contributed by atoms with E-state index in [9.17, 15) is 4.79 Å². The molecule has 0 bridgehead atoms. The number of amides is 1. The number of carbonyl (C=O) groups is 1. The molecule has 0 radical (unpaired) electrons. The number of para-hydroxylation sites is 1. The quantitative estimate of drug-likeness (QED) is 0.776. The summed E-state index contributed by atoms with van der Waals surface area (Å²) in [6, 6.07) is 11.3. The second-order valence-electron chi connectivity index (χ2n) is 4.13. The number of rotatable bonds is 3. The van der Waals surface area contributed by atoms with Crippen molar-refractivity contribution in [3.8, 4) is 0 Å². The van der Waals surface area contributed by atoms with E-state index < -0.39 is 0 Å². The zero-order valence-corrected chi connectivity index (χ0v) is 10.2. The van der Waals surface area contributed by atoms with Crippen LogP contribution in [0.15, 0.2) is 55.0 Å². The summed E-state index contributed by atoms with van der Waals surface area (Å²) in [5.41, 5.74) is 1.51. The lowest BCUT2D eigenvalue weighted by atomic mass is 10.2. The van der Waals surface area contributed by atoms with Gasteiger partial charge in [-0.2, -0.15) is 5.10 Å². The van der Waals surface area contributed by atoms with Gasteiger partial charge in [0, 0.05) is 24.0 Å². The Balaban J connectivity index is 1.83. The average Bonchev–Trinajstić information content (AvgIpc) is 2.92. The minimum atomic E-state index is -0.123. The Morgan fingerprint density at radius 2 is 2.05 bits per heavy atom. The number of fused-ring (bicyclic) bond motifs is 1. The molecule has 94 valence electrons. The van der Waals surface area contributed by atoms with Crippen molar-refractivity contribution < 1.29 is 4.79 Å². The first-order valence-corrected chi connectivity index (χ1v) is 5.94. The van der Waals surface area contributed by atoms with Crippen LogP contribution in [0.4, 0.5) is 5.69 Å². The molecule has 2 aromatic heterocycles. The fourth-order valence-electron chi connectivity index (χ4n) is 1.94. The molecule has 1 aromatic carbocycles. The summed E-state index contributed by atoms with van der Waals surface area (Å²) in [5, 5.41) is 7.86. The van der Waals surface area contributed by atoms with E-state index in [-0.39, 0.29) is 12.5 Å². The fourth-order valence-corrected chi connectivity index (χ4v) is 1.94. The maximum Gasteiger partial charge on any atom is 0.246 e. The lowest BCUT2D eigenvalue weighted by Crippen LogP contribution is -2.19. The standard InChI is InChI=1S/C14H12N4O/c19-13(10-18-9-3-8-16-18)17-12-6-1-4-11-5-2-7-15-14(11)12/h1-9H,10H2,(H,17,19). The monoisotopic (exact) mass is 252 g/mol. The summed E-state index contributed by atoms with van der Waals surface area (Å²) < 4.78 is 1.58. The lowest BCUT2D eigenvalue weighted by Gasteiger charge is -2.07. The number of carbonyl (C=O) groups excluding carboxylic acids is 1. The van der Waals surface area contributed by atoms with Gasteiger partial charge in [-0.15, -0.1) is 0 Å². The van der Waals surface area contributed by atoms with E-state index in [0.29, 0.717) is 0 Å². The van der Waals surface area contributed by atoms with E-state index in [1.54, 1.807) is 29.3 Å². The van der Waals surface area contributed by atoms with Gasteiger partial charge in [0.15, 0.2) is 0 Å². The molecular weight excluding hydrogens is 240 g/mol. The molecule has 2 heterocycles. The van der Waals surface area contributed by atoms with Crippen LogP contribution >= 0.6 is 0 Å². The van der Waals surface area contributed by atoms with Gasteiger partial charge in [-0.3, -0.25) is 14.5 Å². The number of hydrogen-bond donors (Lipinski definition) is 1. The van der Waals surface area contributed by atoms with E-state index in [0.717, 1.165) is 16.6 Å². The number of nitrogens with zero attached hydrogens (tertiary/aromatic N) is 3. The molecule has 5 nitrogen and oxygen atoms in total. The van der Waals surface area contributed by atoms with Crippen molar-refractivity contribution in [1.82, 2.24) is 14.8 Å². The number of hydrogen-bond acceptors (Lipinski definition) is 3. The van der Waals surface area contributed by atoms with Crippen molar-refractivity contribution in [3.63, 3.8) is 0 Å². The Bertz CT molecular complexity index is 701. The van der Waals surface area contributed by atoms with Gasteiger partial charge in [0.05, 0.1) is 11.2 Å². The first-order valence-electron chi connectivity index (χ1n) is 5.94. The van der Waals surface area contributed by atoms with Crippen LogP contribution in [0, 0.1) is 0 Å². The molecule has 3 aromatic rings. The van der Waals surface area contributed by atoms with Crippen molar-refractivity contribution in [1.29, 1.82) is 0 Å². The number of aromatic nitrogens is 3. The molecule has 1 amide bonds. The van der Waals surface area contributed by atoms with Crippen molar-refractivity contribution >= 4 is 22.5 Å². The first-order chi connectivity index (χ1) is 9.33. The van der Waals surface area contributed by atoms with E-state index >= 15 is 0 Å². The minimum absolute atomic E-state index is 0.123. The van der Waals surface area contributed by atoms with Crippen LogP contribution in [0.2, 0.25) is 0 Å².